The van der Waals surface area contributed by atoms with Crippen LogP contribution < -0.4 is 15.4 Å². The van der Waals surface area contributed by atoms with Gasteiger partial charge in [-0.05, 0) is 56.3 Å². The molecule has 0 spiro atoms. The van der Waals surface area contributed by atoms with Crippen LogP contribution in [0.4, 0.5) is 11.4 Å². The zero-order valence-electron chi connectivity index (χ0n) is 13.6. The molecule has 24 heavy (non-hydrogen) atoms. The lowest BCUT2D eigenvalue weighted by atomic mass is 10.2. The van der Waals surface area contributed by atoms with Crippen LogP contribution >= 0.6 is 23.2 Å². The minimum absolute atomic E-state index is 0.111. The number of carbonyl (C=O) groups excluding carboxylic acids is 1. The van der Waals surface area contributed by atoms with Gasteiger partial charge in [-0.2, -0.15) is 0 Å². The van der Waals surface area contributed by atoms with Gasteiger partial charge in [-0.1, -0.05) is 23.2 Å². The molecule has 0 radical (unpaired) electrons. The Labute approximate surface area is 152 Å². The Morgan fingerprint density at radius 1 is 1.04 bits per heavy atom. The van der Waals surface area contributed by atoms with Crippen LogP contribution in [0.5, 0.6) is 5.75 Å². The topological polar surface area (TPSA) is 50.4 Å². The number of nitrogens with one attached hydrogen (secondary N) is 2. The SMILES string of the molecule is CC(C)Oc1ccc(NCCC(=O)Nc2cc(Cl)cc(Cl)c2)cc1. The summed E-state index contributed by atoms with van der Waals surface area (Å²) in [6.45, 7) is 4.49. The summed E-state index contributed by atoms with van der Waals surface area (Å²) in [5.41, 5.74) is 1.53. The summed E-state index contributed by atoms with van der Waals surface area (Å²) in [7, 11) is 0. The number of halogens is 2. The van der Waals surface area contributed by atoms with Crippen LogP contribution in [-0.2, 0) is 4.79 Å². The van der Waals surface area contributed by atoms with E-state index in [0.717, 1.165) is 11.4 Å². The largest absolute Gasteiger partial charge is 0.491 e. The molecule has 0 saturated heterocycles. The van der Waals surface area contributed by atoms with E-state index in [-0.39, 0.29) is 12.0 Å². The molecule has 0 aromatic heterocycles. The third kappa shape index (κ3) is 6.30. The lowest BCUT2D eigenvalue weighted by molar-refractivity contribution is -0.115. The van der Waals surface area contributed by atoms with E-state index in [4.69, 9.17) is 27.9 Å². The van der Waals surface area contributed by atoms with Crippen molar-refractivity contribution in [1.29, 1.82) is 0 Å². The summed E-state index contributed by atoms with van der Waals surface area (Å²) in [6, 6.07) is 12.6. The van der Waals surface area contributed by atoms with Crippen LogP contribution in [0.25, 0.3) is 0 Å². The Balaban J connectivity index is 1.78. The van der Waals surface area contributed by atoms with Gasteiger partial charge in [0.15, 0.2) is 0 Å². The van der Waals surface area contributed by atoms with Gasteiger partial charge in [0.1, 0.15) is 5.75 Å². The van der Waals surface area contributed by atoms with E-state index in [1.54, 1.807) is 18.2 Å². The van der Waals surface area contributed by atoms with Crippen molar-refractivity contribution in [1.82, 2.24) is 0 Å². The summed E-state index contributed by atoms with van der Waals surface area (Å²) in [6.07, 6.45) is 0.474. The van der Waals surface area contributed by atoms with Gasteiger partial charge in [-0.15, -0.1) is 0 Å². The summed E-state index contributed by atoms with van der Waals surface area (Å²) >= 11 is 11.8. The molecule has 6 heteroatoms. The Morgan fingerprint density at radius 2 is 1.67 bits per heavy atom. The van der Waals surface area contributed by atoms with Crippen LogP contribution in [0.1, 0.15) is 20.3 Å². The highest BCUT2D eigenvalue weighted by molar-refractivity contribution is 6.35. The van der Waals surface area contributed by atoms with Crippen molar-refractivity contribution in [2.75, 3.05) is 17.2 Å². The maximum Gasteiger partial charge on any atom is 0.226 e. The first-order valence-electron chi connectivity index (χ1n) is 7.69. The fourth-order valence-corrected chi connectivity index (χ4v) is 2.62. The third-order valence-corrected chi connectivity index (χ3v) is 3.49. The second kappa shape index (κ2) is 8.81. The van der Waals surface area contributed by atoms with Crippen molar-refractivity contribution >= 4 is 40.5 Å². The number of hydrogen-bond acceptors (Lipinski definition) is 3. The van der Waals surface area contributed by atoms with E-state index in [1.165, 1.54) is 0 Å². The normalized spacial score (nSPS) is 10.5. The lowest BCUT2D eigenvalue weighted by Crippen LogP contribution is -2.16. The molecule has 0 atom stereocenters. The highest BCUT2D eigenvalue weighted by Gasteiger charge is 2.05. The molecule has 0 aliphatic heterocycles. The summed E-state index contributed by atoms with van der Waals surface area (Å²) in [5, 5.41) is 6.94. The minimum atomic E-state index is -0.111. The number of rotatable bonds is 7. The van der Waals surface area contributed by atoms with Gasteiger partial charge in [0.05, 0.1) is 6.10 Å². The first kappa shape index (κ1) is 18.4. The molecule has 2 aromatic rings. The van der Waals surface area contributed by atoms with Crippen molar-refractivity contribution in [2.45, 2.75) is 26.4 Å². The second-order valence-corrected chi connectivity index (χ2v) is 6.45. The Bertz CT molecular complexity index is 668. The van der Waals surface area contributed by atoms with Crippen LogP contribution in [0, 0.1) is 0 Å². The molecular weight excluding hydrogens is 347 g/mol. The Morgan fingerprint density at radius 3 is 2.25 bits per heavy atom. The average molecular weight is 367 g/mol. The fraction of sp³-hybridized carbons (Fsp3) is 0.278. The molecule has 0 heterocycles. The summed E-state index contributed by atoms with van der Waals surface area (Å²) < 4.78 is 5.58. The third-order valence-electron chi connectivity index (χ3n) is 3.05. The zero-order chi connectivity index (χ0) is 17.5. The van der Waals surface area contributed by atoms with Gasteiger partial charge in [-0.3, -0.25) is 4.79 Å². The highest BCUT2D eigenvalue weighted by Crippen LogP contribution is 2.22. The molecule has 128 valence electrons. The van der Waals surface area contributed by atoms with Crippen molar-refractivity contribution in [3.63, 3.8) is 0 Å². The molecule has 2 N–H and O–H groups in total. The molecule has 4 nitrogen and oxygen atoms in total. The van der Waals surface area contributed by atoms with E-state index >= 15 is 0 Å². The minimum Gasteiger partial charge on any atom is -0.491 e. The number of carbonyl (C=O) groups is 1. The molecule has 0 unspecified atom stereocenters. The predicted molar refractivity (Wildman–Crippen MR) is 100 cm³/mol. The number of hydrogen-bond donors (Lipinski definition) is 2. The van der Waals surface area contributed by atoms with Gasteiger partial charge in [0.2, 0.25) is 5.91 Å². The second-order valence-electron chi connectivity index (χ2n) is 5.57. The molecular formula is C18H20Cl2N2O2. The van der Waals surface area contributed by atoms with Crippen LogP contribution in [-0.4, -0.2) is 18.6 Å². The van der Waals surface area contributed by atoms with E-state index in [2.05, 4.69) is 10.6 Å². The smallest absolute Gasteiger partial charge is 0.226 e. The quantitative estimate of drug-likeness (QED) is 0.705. The Kier molecular flexibility index (Phi) is 6.76. The fourth-order valence-electron chi connectivity index (χ4n) is 2.09. The van der Waals surface area contributed by atoms with Crippen molar-refractivity contribution in [3.05, 3.63) is 52.5 Å². The summed E-state index contributed by atoms with van der Waals surface area (Å²) in [4.78, 5) is 11.9. The molecule has 2 aromatic carbocycles. The van der Waals surface area contributed by atoms with Crippen LogP contribution in [0.3, 0.4) is 0 Å². The average Bonchev–Trinajstić information content (AvgIpc) is 2.47. The molecule has 0 fully saturated rings. The van der Waals surface area contributed by atoms with Crippen LogP contribution in [0.15, 0.2) is 42.5 Å². The number of ether oxygens (including phenoxy) is 1. The molecule has 2 rings (SSSR count). The highest BCUT2D eigenvalue weighted by atomic mass is 35.5. The van der Waals surface area contributed by atoms with E-state index < -0.39 is 0 Å². The maximum absolute atomic E-state index is 11.9. The number of amides is 1. The Hall–Kier alpha value is -1.91. The number of anilines is 2. The van der Waals surface area contributed by atoms with Gasteiger partial charge >= 0.3 is 0 Å². The van der Waals surface area contributed by atoms with Gasteiger partial charge in [-0.25, -0.2) is 0 Å². The van der Waals surface area contributed by atoms with Crippen LogP contribution in [0.2, 0.25) is 10.0 Å². The zero-order valence-corrected chi connectivity index (χ0v) is 15.1. The van der Waals surface area contributed by atoms with E-state index in [0.29, 0.717) is 28.7 Å². The molecule has 0 saturated carbocycles. The first-order chi connectivity index (χ1) is 11.4. The monoisotopic (exact) mass is 366 g/mol. The standard InChI is InChI=1S/C18H20Cl2N2O2/c1-12(2)24-17-5-3-15(4-6-17)21-8-7-18(23)22-16-10-13(19)9-14(20)11-16/h3-6,9-12,21H,7-8H2,1-2H3,(H,22,23). The molecule has 0 aliphatic carbocycles. The molecule has 1 amide bonds. The first-order valence-corrected chi connectivity index (χ1v) is 8.44. The summed E-state index contributed by atoms with van der Waals surface area (Å²) in [5.74, 6) is 0.715. The molecule has 0 aliphatic rings. The van der Waals surface area contributed by atoms with Gasteiger partial charge < -0.3 is 15.4 Å². The van der Waals surface area contributed by atoms with Crippen molar-refractivity contribution in [2.24, 2.45) is 0 Å². The maximum atomic E-state index is 11.9. The van der Waals surface area contributed by atoms with Gasteiger partial charge in [0.25, 0.3) is 0 Å². The van der Waals surface area contributed by atoms with Crippen molar-refractivity contribution in [3.8, 4) is 5.75 Å². The van der Waals surface area contributed by atoms with E-state index in [1.807, 2.05) is 38.1 Å². The molecule has 0 bridgehead atoms. The number of benzene rings is 2. The lowest BCUT2D eigenvalue weighted by Gasteiger charge is -2.11. The van der Waals surface area contributed by atoms with Gasteiger partial charge in [0, 0.05) is 34.4 Å². The van der Waals surface area contributed by atoms with E-state index in [9.17, 15) is 4.79 Å². The van der Waals surface area contributed by atoms with Crippen molar-refractivity contribution < 1.29 is 9.53 Å². The predicted octanol–water partition coefficient (Wildman–Crippen LogP) is 5.22.